The van der Waals surface area contributed by atoms with Crippen molar-refractivity contribution < 1.29 is 9.59 Å². The molecule has 0 aliphatic carbocycles. The Labute approximate surface area is 159 Å². The summed E-state index contributed by atoms with van der Waals surface area (Å²) in [5.74, 6) is -0.351. The molecule has 0 N–H and O–H groups in total. The van der Waals surface area contributed by atoms with Crippen molar-refractivity contribution in [1.29, 1.82) is 0 Å². The molecule has 4 heteroatoms. The fourth-order valence-corrected chi connectivity index (χ4v) is 3.96. The van der Waals surface area contributed by atoms with E-state index in [9.17, 15) is 9.59 Å². The van der Waals surface area contributed by atoms with Crippen LogP contribution >= 0.6 is 11.8 Å². The predicted octanol–water partition coefficient (Wildman–Crippen LogP) is 4.98. The minimum absolute atomic E-state index is 0.175. The Morgan fingerprint density at radius 3 is 2.31 bits per heavy atom. The molecule has 2 amide bonds. The highest BCUT2D eigenvalue weighted by atomic mass is 32.2. The second kappa shape index (κ2) is 7.92. The first-order valence-electron chi connectivity index (χ1n) is 8.94. The van der Waals surface area contributed by atoms with Gasteiger partial charge in [-0.1, -0.05) is 61.5 Å². The van der Waals surface area contributed by atoms with E-state index >= 15 is 0 Å². The summed E-state index contributed by atoms with van der Waals surface area (Å²) in [7, 11) is 0. The summed E-state index contributed by atoms with van der Waals surface area (Å²) < 4.78 is 0. The second-order valence-corrected chi connectivity index (χ2v) is 7.62. The Kier molecular flexibility index (Phi) is 5.62. The summed E-state index contributed by atoms with van der Waals surface area (Å²) in [4.78, 5) is 28.9. The molecule has 0 saturated heterocycles. The number of benzene rings is 2. The average molecular weight is 365 g/mol. The number of rotatable bonds is 6. The van der Waals surface area contributed by atoms with Crippen LogP contribution in [0.5, 0.6) is 0 Å². The first kappa shape index (κ1) is 18.5. The van der Waals surface area contributed by atoms with Crippen LogP contribution in [-0.2, 0) is 9.59 Å². The largest absolute Gasteiger partial charge is 0.274 e. The van der Waals surface area contributed by atoms with Crippen molar-refractivity contribution in [3.8, 4) is 0 Å². The third-order valence-corrected chi connectivity index (χ3v) is 5.71. The highest BCUT2D eigenvalue weighted by Gasteiger charge is 2.39. The van der Waals surface area contributed by atoms with Crippen molar-refractivity contribution in [2.75, 3.05) is 6.54 Å². The lowest BCUT2D eigenvalue weighted by atomic mass is 10.0. The number of imide groups is 1. The van der Waals surface area contributed by atoms with Gasteiger partial charge >= 0.3 is 0 Å². The number of unbranched alkanes of at least 4 members (excludes halogenated alkanes) is 1. The molecule has 2 aromatic carbocycles. The van der Waals surface area contributed by atoms with Gasteiger partial charge in [0.2, 0.25) is 0 Å². The maximum Gasteiger partial charge on any atom is 0.268 e. The van der Waals surface area contributed by atoms with Gasteiger partial charge in [0.25, 0.3) is 11.8 Å². The van der Waals surface area contributed by atoms with Gasteiger partial charge in [0, 0.05) is 11.4 Å². The van der Waals surface area contributed by atoms with Gasteiger partial charge < -0.3 is 0 Å². The second-order valence-electron chi connectivity index (χ2n) is 6.53. The van der Waals surface area contributed by atoms with Gasteiger partial charge in [0.15, 0.2) is 0 Å². The number of nitrogens with zero attached hydrogens (tertiary/aromatic N) is 1. The molecule has 0 spiro atoms. The molecule has 1 aliphatic rings. The minimum atomic E-state index is -0.176. The minimum Gasteiger partial charge on any atom is -0.274 e. The van der Waals surface area contributed by atoms with E-state index in [-0.39, 0.29) is 11.8 Å². The molecule has 0 unspecified atom stereocenters. The molecule has 1 heterocycles. The molecule has 134 valence electrons. The summed E-state index contributed by atoms with van der Waals surface area (Å²) in [6, 6.07) is 15.7. The van der Waals surface area contributed by atoms with Crippen LogP contribution < -0.4 is 0 Å². The van der Waals surface area contributed by atoms with Crippen molar-refractivity contribution in [2.45, 2.75) is 38.5 Å². The van der Waals surface area contributed by atoms with Crippen molar-refractivity contribution in [1.82, 2.24) is 4.90 Å². The van der Waals surface area contributed by atoms with E-state index in [1.165, 1.54) is 22.2 Å². The van der Waals surface area contributed by atoms with Crippen LogP contribution in [0.15, 0.2) is 58.3 Å². The van der Waals surface area contributed by atoms with Crippen molar-refractivity contribution in [3.63, 3.8) is 0 Å². The molecular formula is C22H23NO2S. The summed E-state index contributed by atoms with van der Waals surface area (Å²) in [5.41, 5.74) is 3.64. The number of hydrogen-bond donors (Lipinski definition) is 0. The fraction of sp³-hybridized carbons (Fsp3) is 0.273. The zero-order valence-corrected chi connectivity index (χ0v) is 16.2. The van der Waals surface area contributed by atoms with Crippen LogP contribution in [-0.4, -0.2) is 23.3 Å². The monoisotopic (exact) mass is 365 g/mol. The van der Waals surface area contributed by atoms with Gasteiger partial charge in [0.1, 0.15) is 0 Å². The first-order valence-corrected chi connectivity index (χ1v) is 9.75. The molecule has 0 bridgehead atoms. The summed E-state index contributed by atoms with van der Waals surface area (Å²) in [5, 5.41) is 0. The maximum absolute atomic E-state index is 13.1. The highest BCUT2D eigenvalue weighted by molar-refractivity contribution is 8.04. The smallest absolute Gasteiger partial charge is 0.268 e. The predicted molar refractivity (Wildman–Crippen MR) is 107 cm³/mol. The SMILES string of the molecule is CCCCN1C(=O)C(Sc2ccccc2)=C(c2ccc(C)c(C)c2)C1=O. The first-order chi connectivity index (χ1) is 12.5. The number of amides is 2. The van der Waals surface area contributed by atoms with Gasteiger partial charge in [-0.2, -0.15) is 0 Å². The van der Waals surface area contributed by atoms with Crippen LogP contribution in [0.1, 0.15) is 36.5 Å². The van der Waals surface area contributed by atoms with Crippen molar-refractivity contribution in [2.24, 2.45) is 0 Å². The summed E-state index contributed by atoms with van der Waals surface area (Å²) in [6.07, 6.45) is 1.76. The van der Waals surface area contributed by atoms with E-state index in [1.54, 1.807) is 0 Å². The maximum atomic E-state index is 13.1. The molecule has 0 saturated carbocycles. The average Bonchev–Trinajstić information content (AvgIpc) is 2.87. The van der Waals surface area contributed by atoms with Crippen molar-refractivity contribution in [3.05, 3.63) is 70.1 Å². The highest BCUT2D eigenvalue weighted by Crippen LogP contribution is 2.40. The lowest BCUT2D eigenvalue weighted by Crippen LogP contribution is -2.32. The third-order valence-electron chi connectivity index (χ3n) is 4.62. The molecule has 1 aliphatic heterocycles. The van der Waals surface area contributed by atoms with Crippen LogP contribution in [0.4, 0.5) is 0 Å². The summed E-state index contributed by atoms with van der Waals surface area (Å²) >= 11 is 1.38. The fourth-order valence-electron chi connectivity index (χ4n) is 2.93. The van der Waals surface area contributed by atoms with Gasteiger partial charge in [-0.15, -0.1) is 0 Å². The number of aryl methyl sites for hydroxylation is 2. The Balaban J connectivity index is 2.06. The number of carbonyl (C=O) groups is 2. The Morgan fingerprint density at radius 1 is 0.923 bits per heavy atom. The van der Waals surface area contributed by atoms with Gasteiger partial charge in [-0.05, 0) is 49.1 Å². The lowest BCUT2D eigenvalue weighted by molar-refractivity contribution is -0.136. The van der Waals surface area contributed by atoms with E-state index in [0.29, 0.717) is 17.0 Å². The molecule has 0 aromatic heterocycles. The van der Waals surface area contributed by atoms with E-state index in [2.05, 4.69) is 6.92 Å². The standard InChI is InChI=1S/C22H23NO2S/c1-4-5-13-23-21(24)19(17-12-11-15(2)16(3)14-17)20(22(23)25)26-18-9-7-6-8-10-18/h6-12,14H,4-5,13H2,1-3H3. The quantitative estimate of drug-likeness (QED) is 0.678. The Hall–Kier alpha value is -2.33. The van der Waals surface area contributed by atoms with Crippen LogP contribution in [0.25, 0.3) is 5.57 Å². The number of carbonyl (C=O) groups excluding carboxylic acids is 2. The zero-order valence-electron chi connectivity index (χ0n) is 15.4. The van der Waals surface area contributed by atoms with Crippen LogP contribution in [0.2, 0.25) is 0 Å². The molecule has 0 fully saturated rings. The molecule has 0 atom stereocenters. The summed E-state index contributed by atoms with van der Waals surface area (Å²) in [6.45, 7) is 6.60. The molecule has 3 nitrogen and oxygen atoms in total. The van der Waals surface area contributed by atoms with Gasteiger partial charge in [-0.3, -0.25) is 14.5 Å². The third kappa shape index (κ3) is 3.61. The normalized spacial score (nSPS) is 14.5. The molecular weight excluding hydrogens is 342 g/mol. The number of hydrogen-bond acceptors (Lipinski definition) is 3. The molecule has 26 heavy (non-hydrogen) atoms. The van der Waals surface area contributed by atoms with Crippen LogP contribution in [0.3, 0.4) is 0 Å². The van der Waals surface area contributed by atoms with E-state index < -0.39 is 0 Å². The lowest BCUT2D eigenvalue weighted by Gasteiger charge is -2.14. The molecule has 3 rings (SSSR count). The van der Waals surface area contributed by atoms with E-state index in [1.807, 2.05) is 62.4 Å². The van der Waals surface area contributed by atoms with Crippen molar-refractivity contribution >= 4 is 29.1 Å². The van der Waals surface area contributed by atoms with Gasteiger partial charge in [-0.25, -0.2) is 0 Å². The number of thioether (sulfide) groups is 1. The molecule has 0 radical (unpaired) electrons. The molecule has 2 aromatic rings. The van der Waals surface area contributed by atoms with Crippen LogP contribution in [0, 0.1) is 13.8 Å². The topological polar surface area (TPSA) is 37.4 Å². The Bertz CT molecular complexity index is 871. The van der Waals surface area contributed by atoms with E-state index in [0.717, 1.165) is 28.9 Å². The van der Waals surface area contributed by atoms with Gasteiger partial charge in [0.05, 0.1) is 10.5 Å². The zero-order chi connectivity index (χ0) is 18.7. The Morgan fingerprint density at radius 2 is 1.65 bits per heavy atom. The van der Waals surface area contributed by atoms with E-state index in [4.69, 9.17) is 0 Å².